The second-order valence-corrected chi connectivity index (χ2v) is 8.79. The molecule has 1 aromatic heterocycles. The van der Waals surface area contributed by atoms with Crippen molar-refractivity contribution in [3.8, 4) is 5.69 Å². The second kappa shape index (κ2) is 7.50. The van der Waals surface area contributed by atoms with Gasteiger partial charge in [0, 0.05) is 34.9 Å². The van der Waals surface area contributed by atoms with Crippen LogP contribution in [0.1, 0.15) is 43.6 Å². The summed E-state index contributed by atoms with van der Waals surface area (Å²) >= 11 is 6.57. The molecule has 1 saturated heterocycles. The predicted molar refractivity (Wildman–Crippen MR) is 121 cm³/mol. The van der Waals surface area contributed by atoms with Crippen LogP contribution in [0.4, 0.5) is 10.5 Å². The van der Waals surface area contributed by atoms with E-state index in [0.29, 0.717) is 10.7 Å². The molecule has 2 amide bonds. The van der Waals surface area contributed by atoms with Crippen LogP contribution in [0, 0.1) is 0 Å². The third-order valence-corrected chi connectivity index (χ3v) is 6.10. The van der Waals surface area contributed by atoms with Crippen LogP contribution in [0.3, 0.4) is 0 Å². The summed E-state index contributed by atoms with van der Waals surface area (Å²) in [6, 6.07) is 13.4. The number of urea groups is 1. The molecule has 0 radical (unpaired) electrons. The van der Waals surface area contributed by atoms with Crippen molar-refractivity contribution in [2.45, 2.75) is 32.2 Å². The van der Waals surface area contributed by atoms with E-state index in [-0.39, 0.29) is 6.03 Å². The van der Waals surface area contributed by atoms with E-state index in [9.17, 15) is 4.79 Å². The highest BCUT2D eigenvalue weighted by Crippen LogP contribution is 2.35. The van der Waals surface area contributed by atoms with E-state index >= 15 is 0 Å². The van der Waals surface area contributed by atoms with Crippen molar-refractivity contribution in [1.29, 1.82) is 0 Å². The zero-order chi connectivity index (χ0) is 21.6. The van der Waals surface area contributed by atoms with E-state index in [2.05, 4.69) is 15.5 Å². The minimum absolute atomic E-state index is 0.0763. The number of aliphatic imine (C=N–C) groups is 1. The van der Waals surface area contributed by atoms with Gasteiger partial charge in [0.25, 0.3) is 0 Å². The van der Waals surface area contributed by atoms with Gasteiger partial charge < -0.3 is 10.2 Å². The van der Waals surface area contributed by atoms with Gasteiger partial charge in [-0.1, -0.05) is 29.8 Å². The van der Waals surface area contributed by atoms with Crippen molar-refractivity contribution < 1.29 is 4.79 Å². The number of nitrogens with zero attached hydrogens (tertiary/aromatic N) is 5. The number of aromatic nitrogens is 3. The molecule has 2 aliphatic heterocycles. The molecular formula is C23H23ClN6O. The average molecular weight is 435 g/mol. The highest BCUT2D eigenvalue weighted by Gasteiger charge is 2.33. The highest BCUT2D eigenvalue weighted by molar-refractivity contribution is 6.35. The number of carbonyl (C=O) groups is 1. The van der Waals surface area contributed by atoms with Gasteiger partial charge in [0.2, 0.25) is 0 Å². The van der Waals surface area contributed by atoms with E-state index < -0.39 is 5.54 Å². The molecule has 31 heavy (non-hydrogen) atoms. The number of hydrogen-bond acceptors (Lipinski definition) is 4. The lowest BCUT2D eigenvalue weighted by molar-refractivity contribution is 0.222. The van der Waals surface area contributed by atoms with Crippen molar-refractivity contribution >= 4 is 29.0 Å². The molecule has 158 valence electrons. The number of benzene rings is 2. The Morgan fingerprint density at radius 2 is 1.87 bits per heavy atom. The molecule has 0 unspecified atom stereocenters. The van der Waals surface area contributed by atoms with Crippen molar-refractivity contribution in [2.24, 2.45) is 4.99 Å². The predicted octanol–water partition coefficient (Wildman–Crippen LogP) is 4.63. The molecule has 0 aliphatic carbocycles. The van der Waals surface area contributed by atoms with Crippen molar-refractivity contribution in [2.75, 3.05) is 18.4 Å². The third-order valence-electron chi connectivity index (χ3n) is 5.77. The first-order chi connectivity index (χ1) is 14.9. The molecule has 5 rings (SSSR count). The minimum atomic E-state index is -0.622. The molecule has 0 spiro atoms. The molecule has 0 atom stereocenters. The number of nitrogens with one attached hydrogen (secondary N) is 1. The maximum atomic E-state index is 12.7. The summed E-state index contributed by atoms with van der Waals surface area (Å²) in [6.07, 6.45) is 3.79. The maximum Gasteiger partial charge on any atom is 0.321 e. The van der Waals surface area contributed by atoms with Crippen LogP contribution in [0.2, 0.25) is 5.02 Å². The smallest absolute Gasteiger partial charge is 0.321 e. The van der Waals surface area contributed by atoms with Crippen LogP contribution in [0.15, 0.2) is 53.8 Å². The van der Waals surface area contributed by atoms with Gasteiger partial charge in [-0.05, 0) is 51.0 Å². The molecule has 3 heterocycles. The van der Waals surface area contributed by atoms with Gasteiger partial charge in [0.05, 0.1) is 11.4 Å². The van der Waals surface area contributed by atoms with Crippen LogP contribution in [0.5, 0.6) is 0 Å². The first-order valence-corrected chi connectivity index (χ1v) is 10.8. The zero-order valence-electron chi connectivity index (χ0n) is 17.5. The number of likely N-dealkylation sites (tertiary alicyclic amines) is 1. The zero-order valence-corrected chi connectivity index (χ0v) is 18.2. The summed E-state index contributed by atoms with van der Waals surface area (Å²) in [5, 5.41) is 12.1. The summed E-state index contributed by atoms with van der Waals surface area (Å²) in [5.41, 5.74) is 3.43. The van der Waals surface area contributed by atoms with E-state index in [4.69, 9.17) is 16.6 Å². The van der Waals surface area contributed by atoms with Gasteiger partial charge in [-0.25, -0.2) is 4.79 Å². The van der Waals surface area contributed by atoms with Gasteiger partial charge in [0.15, 0.2) is 5.82 Å². The van der Waals surface area contributed by atoms with Gasteiger partial charge >= 0.3 is 6.03 Å². The fourth-order valence-electron chi connectivity index (χ4n) is 4.21. The van der Waals surface area contributed by atoms with Crippen LogP contribution < -0.4 is 5.32 Å². The summed E-state index contributed by atoms with van der Waals surface area (Å²) in [6.45, 7) is 5.60. The summed E-state index contributed by atoms with van der Waals surface area (Å²) < 4.78 is 1.95. The Kier molecular flexibility index (Phi) is 4.78. The Morgan fingerprint density at radius 1 is 1.10 bits per heavy atom. The first kappa shape index (κ1) is 19.8. The highest BCUT2D eigenvalue weighted by atomic mass is 35.5. The largest absolute Gasteiger partial charge is 0.325 e. The van der Waals surface area contributed by atoms with Crippen LogP contribution in [-0.2, 0) is 5.54 Å². The van der Waals surface area contributed by atoms with Crippen molar-refractivity contribution in [3.05, 3.63) is 70.8 Å². The quantitative estimate of drug-likeness (QED) is 0.638. The number of amides is 2. The van der Waals surface area contributed by atoms with Crippen LogP contribution in [0.25, 0.3) is 5.69 Å². The van der Waals surface area contributed by atoms with Gasteiger partial charge in [-0.2, -0.15) is 0 Å². The molecule has 8 heteroatoms. The molecule has 0 bridgehead atoms. The second-order valence-electron chi connectivity index (χ2n) is 8.38. The van der Waals surface area contributed by atoms with Crippen molar-refractivity contribution in [1.82, 2.24) is 19.7 Å². The number of anilines is 1. The maximum absolute atomic E-state index is 12.7. The molecule has 2 aliphatic rings. The Balaban J connectivity index is 1.66. The molecule has 7 nitrogen and oxygen atoms in total. The molecule has 2 aromatic carbocycles. The lowest BCUT2D eigenvalue weighted by Gasteiger charge is -2.18. The van der Waals surface area contributed by atoms with Gasteiger partial charge in [-0.3, -0.25) is 9.56 Å². The third kappa shape index (κ3) is 3.49. The molecule has 0 saturated carbocycles. The van der Waals surface area contributed by atoms with Crippen LogP contribution in [-0.4, -0.2) is 44.5 Å². The number of rotatable bonds is 2. The minimum Gasteiger partial charge on any atom is -0.325 e. The number of carbonyl (C=O) groups excluding carboxylic acids is 1. The monoisotopic (exact) mass is 434 g/mol. The fourth-order valence-corrected chi connectivity index (χ4v) is 4.44. The van der Waals surface area contributed by atoms with Crippen LogP contribution >= 0.6 is 11.6 Å². The Labute approximate surface area is 185 Å². The lowest BCUT2D eigenvalue weighted by Crippen LogP contribution is -2.32. The fraction of sp³-hybridized carbons (Fsp3) is 0.304. The normalized spacial score (nSPS) is 16.9. The molecule has 3 aromatic rings. The SMILES string of the molecule is CC1(C)N=C(c2ccccc2Cl)c2cc(NC(=O)N3CCCC3)ccc2-n2cnnc21. The average Bonchev–Trinajstić information content (AvgIpc) is 3.44. The van der Waals surface area contributed by atoms with E-state index in [1.54, 1.807) is 6.33 Å². The van der Waals surface area contributed by atoms with E-state index in [1.165, 1.54) is 0 Å². The lowest BCUT2D eigenvalue weighted by atomic mass is 9.99. The van der Waals surface area contributed by atoms with Gasteiger partial charge in [0.1, 0.15) is 11.9 Å². The number of hydrogen-bond donors (Lipinski definition) is 1. The first-order valence-electron chi connectivity index (χ1n) is 10.4. The summed E-state index contributed by atoms with van der Waals surface area (Å²) in [4.78, 5) is 19.6. The van der Waals surface area contributed by atoms with Gasteiger partial charge in [-0.15, -0.1) is 10.2 Å². The molecule has 1 fully saturated rings. The Morgan fingerprint density at radius 3 is 2.65 bits per heavy atom. The number of fused-ring (bicyclic) bond motifs is 3. The Hall–Kier alpha value is -3.19. The molecule has 1 N–H and O–H groups in total. The summed E-state index contributed by atoms with van der Waals surface area (Å²) in [5.74, 6) is 0.740. The molecular weight excluding hydrogens is 412 g/mol. The van der Waals surface area contributed by atoms with E-state index in [1.807, 2.05) is 65.8 Å². The summed E-state index contributed by atoms with van der Waals surface area (Å²) in [7, 11) is 0. The Bertz CT molecular complexity index is 1190. The number of halogens is 1. The van der Waals surface area contributed by atoms with Crippen molar-refractivity contribution in [3.63, 3.8) is 0 Å². The standard InChI is InChI=1S/C23H23ClN6O/c1-23(2)21-28-25-14-30(21)19-10-9-15(26-22(31)29-11-5-6-12-29)13-17(19)20(27-23)16-7-3-4-8-18(16)24/h3-4,7-10,13-14H,5-6,11-12H2,1-2H3,(H,26,31). The van der Waals surface area contributed by atoms with E-state index in [0.717, 1.165) is 54.3 Å². The topological polar surface area (TPSA) is 75.4 Å².